The summed E-state index contributed by atoms with van der Waals surface area (Å²) in [6, 6.07) is 43.2. The number of hydrogen-bond donors (Lipinski definition) is 0. The number of rotatable bonds is 5. The van der Waals surface area contributed by atoms with E-state index in [1.807, 2.05) is 98.8 Å². The van der Waals surface area contributed by atoms with Crippen molar-refractivity contribution in [2.24, 2.45) is 11.8 Å². The summed E-state index contributed by atoms with van der Waals surface area (Å²) in [4.78, 5) is 47.3. The first-order valence-electron chi connectivity index (χ1n) is 15.5. The van der Waals surface area contributed by atoms with Gasteiger partial charge in [-0.1, -0.05) is 120 Å². The normalized spacial score (nSPS) is 25.0. The maximum absolute atomic E-state index is 15.9. The third kappa shape index (κ3) is 3.69. The fourth-order valence-corrected chi connectivity index (χ4v) is 8.77. The summed E-state index contributed by atoms with van der Waals surface area (Å²) >= 11 is 2.22. The molecular weight excluding hydrogens is 681 g/mol. The van der Waals surface area contributed by atoms with E-state index in [4.69, 9.17) is 0 Å². The number of aryl methyl sites for hydroxylation is 2. The summed E-state index contributed by atoms with van der Waals surface area (Å²) in [6.45, 7) is 4.08. The third-order valence-electron chi connectivity index (χ3n) is 10.2. The zero-order valence-corrected chi connectivity index (χ0v) is 27.6. The molecule has 224 valence electrons. The predicted molar refractivity (Wildman–Crippen MR) is 189 cm³/mol. The third-order valence-corrected chi connectivity index (χ3v) is 10.9. The smallest absolute Gasteiger partial charge is 0.239 e. The summed E-state index contributed by atoms with van der Waals surface area (Å²) in [7, 11) is 0. The lowest BCUT2D eigenvalue weighted by Gasteiger charge is -2.39. The molecule has 0 unspecified atom stereocenters. The molecule has 1 aliphatic heterocycles. The molecule has 0 aromatic heterocycles. The Morgan fingerprint density at radius 1 is 0.522 bits per heavy atom. The highest BCUT2D eigenvalue weighted by molar-refractivity contribution is 14.1. The second-order valence-corrected chi connectivity index (χ2v) is 13.8. The number of hydrogen-bond acceptors (Lipinski definition) is 3. The molecule has 2 bridgehead atoms. The molecule has 8 rings (SSSR count). The largest absolute Gasteiger partial charge is 0.297 e. The molecule has 5 heteroatoms. The van der Waals surface area contributed by atoms with Gasteiger partial charge in [-0.15, -0.1) is 0 Å². The van der Waals surface area contributed by atoms with Crippen LogP contribution >= 0.6 is 22.6 Å². The summed E-state index contributed by atoms with van der Waals surface area (Å²) in [5.74, 6) is -2.64. The number of carbonyl (C=O) groups excluding carboxylic acids is 3. The molecule has 1 saturated heterocycles. The van der Waals surface area contributed by atoms with E-state index in [1.165, 1.54) is 4.90 Å². The van der Waals surface area contributed by atoms with Crippen molar-refractivity contribution in [1.82, 2.24) is 0 Å². The van der Waals surface area contributed by atoms with Gasteiger partial charge >= 0.3 is 0 Å². The second-order valence-electron chi connectivity index (χ2n) is 12.6. The summed E-state index contributed by atoms with van der Waals surface area (Å²) < 4.78 is 1.00. The van der Waals surface area contributed by atoms with E-state index in [9.17, 15) is 0 Å². The first-order valence-corrected chi connectivity index (χ1v) is 16.6. The zero-order chi connectivity index (χ0) is 31.8. The number of halogens is 1. The van der Waals surface area contributed by atoms with Gasteiger partial charge in [-0.05, 0) is 94.1 Å². The van der Waals surface area contributed by atoms with Crippen LogP contribution in [0.2, 0.25) is 0 Å². The fraction of sp³-hybridized carbons (Fsp3) is 0.146. The van der Waals surface area contributed by atoms with Crippen LogP contribution < -0.4 is 4.90 Å². The van der Waals surface area contributed by atoms with Crippen molar-refractivity contribution in [2.75, 3.05) is 4.90 Å². The maximum Gasteiger partial charge on any atom is 0.239 e. The van der Waals surface area contributed by atoms with Gasteiger partial charge in [0, 0.05) is 3.57 Å². The standard InChI is InChI=1S/C41H30INO3/c1-25-13-17-27(18-14-25)33-34(28-19-15-26(2)16-20-28)41(30-11-7-4-8-12-30)36-35(40(33,39(41)46)29-9-5-3-6-10-29)37(44)43(38(36)45)32-23-21-31(42)22-24-32/h3-24,35-36H,1-2H3/t35-,36+,40-,41-/m1/s1. The average molecular weight is 712 g/mol. The maximum atomic E-state index is 15.9. The minimum Gasteiger partial charge on any atom is -0.297 e. The highest BCUT2D eigenvalue weighted by Gasteiger charge is 2.82. The molecule has 1 heterocycles. The van der Waals surface area contributed by atoms with Gasteiger partial charge in [-0.25, -0.2) is 4.90 Å². The first kappa shape index (κ1) is 28.8. The van der Waals surface area contributed by atoms with E-state index in [0.29, 0.717) is 5.69 Å². The van der Waals surface area contributed by atoms with Gasteiger partial charge in [-0.2, -0.15) is 0 Å². The number of fused-ring (bicyclic) bond motifs is 5. The molecule has 46 heavy (non-hydrogen) atoms. The van der Waals surface area contributed by atoms with Crippen molar-refractivity contribution in [3.63, 3.8) is 0 Å². The Morgan fingerprint density at radius 3 is 1.30 bits per heavy atom. The number of carbonyl (C=O) groups is 3. The Balaban J connectivity index is 1.55. The topological polar surface area (TPSA) is 54.5 Å². The quantitative estimate of drug-likeness (QED) is 0.137. The second kappa shape index (κ2) is 10.5. The number of Topliss-reactive ketones (excluding diaryl/α,β-unsaturated/α-hetero) is 1. The molecule has 2 fully saturated rings. The minimum atomic E-state index is -1.40. The van der Waals surface area contributed by atoms with Crippen LogP contribution in [0.15, 0.2) is 133 Å². The van der Waals surface area contributed by atoms with Crippen LogP contribution in [-0.4, -0.2) is 17.6 Å². The molecular formula is C41H30INO3. The zero-order valence-electron chi connectivity index (χ0n) is 25.4. The van der Waals surface area contributed by atoms with Gasteiger partial charge in [0.05, 0.1) is 28.4 Å². The van der Waals surface area contributed by atoms with Gasteiger partial charge in [-0.3, -0.25) is 14.4 Å². The highest BCUT2D eigenvalue weighted by Crippen LogP contribution is 2.74. The van der Waals surface area contributed by atoms with Crippen LogP contribution in [0.4, 0.5) is 5.69 Å². The summed E-state index contributed by atoms with van der Waals surface area (Å²) in [6.07, 6.45) is 0. The van der Waals surface area contributed by atoms with Crippen LogP contribution in [0, 0.1) is 29.3 Å². The van der Waals surface area contributed by atoms with Gasteiger partial charge in [0.2, 0.25) is 11.8 Å². The van der Waals surface area contributed by atoms with E-state index >= 15 is 14.4 Å². The Morgan fingerprint density at radius 2 is 0.913 bits per heavy atom. The lowest BCUT2D eigenvalue weighted by molar-refractivity contribution is -0.130. The minimum absolute atomic E-state index is 0.109. The number of ketones is 1. The number of anilines is 1. The fourth-order valence-electron chi connectivity index (χ4n) is 8.41. The molecule has 0 spiro atoms. The monoisotopic (exact) mass is 711 g/mol. The Bertz CT molecular complexity index is 1940. The van der Waals surface area contributed by atoms with E-state index in [1.54, 1.807) is 0 Å². The SMILES string of the molecule is Cc1ccc(C2=C(c3ccc(C)cc3)[C@@]3(c4ccccc4)C(=O)[C@@]2(c2ccccc2)[C@@H]2C(=O)N(c4ccc(I)cc4)C(=O)[C@@H]23)cc1. The van der Waals surface area contributed by atoms with Crippen molar-refractivity contribution < 1.29 is 14.4 Å². The van der Waals surface area contributed by atoms with Crippen LogP contribution in [0.1, 0.15) is 33.4 Å². The number of imide groups is 1. The molecule has 4 nitrogen and oxygen atoms in total. The van der Waals surface area contributed by atoms with Crippen LogP contribution in [0.3, 0.4) is 0 Å². The molecule has 0 radical (unpaired) electrons. The van der Waals surface area contributed by atoms with Crippen LogP contribution in [0.25, 0.3) is 11.1 Å². The lowest BCUT2D eigenvalue weighted by atomic mass is 9.59. The molecule has 5 aromatic rings. The highest BCUT2D eigenvalue weighted by atomic mass is 127. The van der Waals surface area contributed by atoms with Crippen molar-refractivity contribution in [2.45, 2.75) is 24.7 Å². The molecule has 0 N–H and O–H groups in total. The van der Waals surface area contributed by atoms with Crippen molar-refractivity contribution in [3.05, 3.63) is 170 Å². The molecule has 2 aliphatic carbocycles. The van der Waals surface area contributed by atoms with Crippen molar-refractivity contribution in [3.8, 4) is 0 Å². The lowest BCUT2D eigenvalue weighted by Crippen LogP contribution is -2.45. The molecule has 2 amide bonds. The number of allylic oxidation sites excluding steroid dienone is 2. The van der Waals surface area contributed by atoms with E-state index in [0.717, 1.165) is 48.1 Å². The van der Waals surface area contributed by atoms with Gasteiger partial charge < -0.3 is 0 Å². The summed E-state index contributed by atoms with van der Waals surface area (Å²) in [5.41, 5.74) is 4.75. The number of benzene rings is 5. The van der Waals surface area contributed by atoms with E-state index < -0.39 is 22.7 Å². The van der Waals surface area contributed by atoms with Crippen LogP contribution in [0.5, 0.6) is 0 Å². The summed E-state index contributed by atoms with van der Waals surface area (Å²) in [5, 5.41) is 0. The predicted octanol–water partition coefficient (Wildman–Crippen LogP) is 8.10. The molecule has 1 saturated carbocycles. The van der Waals surface area contributed by atoms with Crippen molar-refractivity contribution in [1.29, 1.82) is 0 Å². The number of nitrogens with zero attached hydrogens (tertiary/aromatic N) is 1. The Labute approximate surface area is 281 Å². The van der Waals surface area contributed by atoms with E-state index in [2.05, 4.69) is 71.1 Å². The van der Waals surface area contributed by atoms with E-state index in [-0.39, 0.29) is 17.6 Å². The number of amides is 2. The average Bonchev–Trinajstić information content (AvgIpc) is 3.59. The molecule has 3 aliphatic rings. The van der Waals surface area contributed by atoms with Gasteiger partial charge in [0.15, 0.2) is 5.78 Å². The van der Waals surface area contributed by atoms with Crippen molar-refractivity contribution >= 4 is 57.0 Å². The first-order chi connectivity index (χ1) is 22.3. The Kier molecular flexibility index (Phi) is 6.55. The Hall–Kier alpha value is -4.62. The van der Waals surface area contributed by atoms with Crippen LogP contribution in [-0.2, 0) is 25.2 Å². The van der Waals surface area contributed by atoms with Gasteiger partial charge in [0.1, 0.15) is 0 Å². The molecule has 4 atom stereocenters. The molecule has 5 aromatic carbocycles. The van der Waals surface area contributed by atoms with Gasteiger partial charge in [0.25, 0.3) is 0 Å².